The Morgan fingerprint density at radius 2 is 0.792 bits per heavy atom. The van der Waals surface area contributed by atoms with Crippen molar-refractivity contribution in [3.8, 4) is 56.3 Å². The first kappa shape index (κ1) is 58.2. The normalized spacial score (nSPS) is 13.1. The highest BCUT2D eigenvalue weighted by molar-refractivity contribution is 6.22. The largest absolute Gasteiger partial charge is 0.425 e. The van der Waals surface area contributed by atoms with Gasteiger partial charge in [0.25, 0.3) is 23.1 Å². The molecule has 0 aliphatic heterocycles. The molecule has 1 unspecified atom stereocenters. The Balaban J connectivity index is 0.000000105. The lowest BCUT2D eigenvalue weighted by Crippen LogP contribution is -2.32. The van der Waals surface area contributed by atoms with E-state index in [4.69, 9.17) is 48.5 Å². The second-order valence-corrected chi connectivity index (χ2v) is 27.0. The number of para-hydroxylation sites is 4. The molecule has 1 atom stereocenters. The highest BCUT2D eigenvalue weighted by atomic mass is 16.5. The van der Waals surface area contributed by atoms with E-state index in [1.54, 1.807) is 42.5 Å². The van der Waals surface area contributed by atoms with Gasteiger partial charge in [0.1, 0.15) is 79.4 Å². The smallest absolute Gasteiger partial charge is 0.299 e. The van der Waals surface area contributed by atoms with Crippen molar-refractivity contribution in [1.29, 1.82) is 0 Å². The van der Waals surface area contributed by atoms with E-state index in [2.05, 4.69) is 105 Å². The molecular weight excluding hydrogens is 1320 g/mol. The van der Waals surface area contributed by atoms with Crippen LogP contribution < -0.4 is 18.3 Å². The highest BCUT2D eigenvalue weighted by Gasteiger charge is 2.29. The fraction of sp³-hybridized carbons (Fsp3) is 0.133. The lowest BCUT2D eigenvalue weighted by atomic mass is 10.0. The van der Waals surface area contributed by atoms with Gasteiger partial charge >= 0.3 is 0 Å². The van der Waals surface area contributed by atoms with Gasteiger partial charge in [-0.1, -0.05) is 153 Å². The van der Waals surface area contributed by atoms with Crippen molar-refractivity contribution >= 4 is 132 Å². The molecule has 106 heavy (non-hydrogen) atoms. The van der Waals surface area contributed by atoms with Crippen molar-refractivity contribution in [3.05, 3.63) is 265 Å². The summed E-state index contributed by atoms with van der Waals surface area (Å²) in [5.74, 6) is 1.49. The van der Waals surface area contributed by atoms with Gasteiger partial charge in [0.2, 0.25) is 22.8 Å². The number of fused-ring (bicyclic) bond motifs is 20. The molecule has 0 saturated carbocycles. The summed E-state index contributed by atoms with van der Waals surface area (Å²) >= 11 is 0. The van der Waals surface area contributed by atoms with Gasteiger partial charge in [-0.2, -0.15) is 18.3 Å². The van der Waals surface area contributed by atoms with E-state index in [0.717, 1.165) is 177 Å². The maximum atomic E-state index is 7.67. The first-order chi connectivity index (χ1) is 54.0. The van der Waals surface area contributed by atoms with Crippen LogP contribution in [0.5, 0.6) is 0 Å². The third kappa shape index (κ3) is 10.8. The van der Waals surface area contributed by atoms with Crippen LogP contribution in [0.4, 0.5) is 0 Å². The molecule has 0 amide bonds. The molecule has 12 aromatic heterocycles. The van der Waals surface area contributed by atoms with Crippen LogP contribution in [0.1, 0.15) is 61.6 Å². The van der Waals surface area contributed by atoms with E-state index in [-0.39, 0.29) is 5.69 Å². The summed E-state index contributed by atoms with van der Waals surface area (Å²) in [5, 5.41) is 12.3. The van der Waals surface area contributed by atoms with Crippen molar-refractivity contribution in [2.45, 2.75) is 54.2 Å². The topological polar surface area (TPSA) is 172 Å². The first-order valence-electron chi connectivity index (χ1n) is 37.8. The van der Waals surface area contributed by atoms with Gasteiger partial charge in [-0.15, -0.1) is 0 Å². The van der Waals surface area contributed by atoms with E-state index < -0.39 is 19.6 Å². The van der Waals surface area contributed by atoms with E-state index in [1.165, 1.54) is 5.56 Å². The minimum atomic E-state index is -2.25. The molecule has 0 aliphatic carbocycles. The van der Waals surface area contributed by atoms with E-state index >= 15 is 0 Å². The maximum absolute atomic E-state index is 7.67. The maximum Gasteiger partial charge on any atom is 0.299 e. The average Bonchev–Trinajstić information content (AvgIpc) is 1.58. The third-order valence-corrected chi connectivity index (χ3v) is 20.1. The van der Waals surface area contributed by atoms with Crippen molar-refractivity contribution in [2.24, 2.45) is 28.2 Å². The summed E-state index contributed by atoms with van der Waals surface area (Å²) < 4.78 is 102. The monoisotopic (exact) mass is 1400 g/mol. The molecule has 0 radical (unpaired) electrons. The van der Waals surface area contributed by atoms with Crippen LogP contribution in [-0.4, -0.2) is 19.9 Å². The summed E-state index contributed by atoms with van der Waals surface area (Å²) in [7, 11) is 7.77. The van der Waals surface area contributed by atoms with Gasteiger partial charge in [0, 0.05) is 62.8 Å². The predicted octanol–water partition coefficient (Wildman–Crippen LogP) is 21.2. The number of rotatable bonds is 6. The molecule has 9 aromatic carbocycles. The molecular formula is C90H72N8O8+4. The summed E-state index contributed by atoms with van der Waals surface area (Å²) in [4.78, 5) is 17.6. The molecule has 516 valence electrons. The van der Waals surface area contributed by atoms with Gasteiger partial charge < -0.3 is 35.3 Å². The van der Waals surface area contributed by atoms with Crippen molar-refractivity contribution < 1.29 is 61.8 Å². The minimum Gasteiger partial charge on any atom is -0.425 e. The zero-order chi connectivity index (χ0) is 77.3. The number of nitrogens with zero attached hydrogens (tertiary/aromatic N) is 8. The van der Waals surface area contributed by atoms with Gasteiger partial charge in [0.05, 0.1) is 68.6 Å². The average molecular weight is 1400 g/mol. The van der Waals surface area contributed by atoms with Gasteiger partial charge in [-0.25, -0.2) is 15.0 Å². The second kappa shape index (κ2) is 25.6. The summed E-state index contributed by atoms with van der Waals surface area (Å²) in [6, 6.07) is 58.7. The van der Waals surface area contributed by atoms with Gasteiger partial charge in [-0.05, 0) is 93.2 Å². The Labute approximate surface area is 615 Å². The molecule has 16 heteroatoms. The standard InChI is InChI=1S/C26H19N2O2.C23H21N2O2.C21H17N2O2.C20H15N2O2/c1-16-12-13-19-24-18-10-6-7-11-22(18)29-26(24)30-25(19)23(16)21-14-27-20(15-28(21)2)17-8-4-3-5-9-17;1-13(2)17-12-25(4)18(11-24-17)20-14(3)9-10-16-21-15-7-5-6-8-19(15)26-23(21)27-22(16)20;1-12-8-9-15-19-14-6-4-5-7-17(14)24-21(19)25-20(15)18(12)16-10-22-13(2)11-23(16)3;1-12-9-15-18(10-14(12)16-11-21-7-8-22(16)2)24-20-19(15)13-5-3-4-6-17(13)23-20/h3-15H,1-2H3;5-13H,1-4H3;4-11H,1-3H3;3-11H,1-2H3/q4*+1/i;1D3;2D3;. The molecule has 21 aromatic rings. The van der Waals surface area contributed by atoms with E-state index in [9.17, 15) is 0 Å². The Kier molecular flexibility index (Phi) is 14.0. The number of furan rings is 8. The number of hydrogen-bond acceptors (Lipinski definition) is 12. The van der Waals surface area contributed by atoms with Crippen molar-refractivity contribution in [1.82, 2.24) is 19.9 Å². The van der Waals surface area contributed by atoms with Crippen LogP contribution in [0.25, 0.3) is 189 Å². The van der Waals surface area contributed by atoms with Crippen LogP contribution in [0.3, 0.4) is 0 Å². The minimum absolute atomic E-state index is 0.0581. The van der Waals surface area contributed by atoms with Crippen molar-refractivity contribution in [3.63, 3.8) is 0 Å². The van der Waals surface area contributed by atoms with Crippen LogP contribution in [0.2, 0.25) is 0 Å². The van der Waals surface area contributed by atoms with E-state index in [1.807, 2.05) is 180 Å². The van der Waals surface area contributed by atoms with Crippen LogP contribution in [-0.2, 0) is 28.2 Å². The highest BCUT2D eigenvalue weighted by Crippen LogP contribution is 2.46. The van der Waals surface area contributed by atoms with E-state index in [0.29, 0.717) is 34.4 Å². The number of benzene rings is 9. The van der Waals surface area contributed by atoms with Gasteiger partial charge in [-0.3, -0.25) is 4.98 Å². The quantitative estimate of drug-likeness (QED) is 0.144. The number of aryl methyl sites for hydroxylation is 9. The van der Waals surface area contributed by atoms with Crippen molar-refractivity contribution in [2.75, 3.05) is 0 Å². The lowest BCUT2D eigenvalue weighted by Gasteiger charge is -2.07. The zero-order valence-corrected chi connectivity index (χ0v) is 59.4. The molecule has 0 saturated heterocycles. The molecule has 0 bridgehead atoms. The summed E-state index contributed by atoms with van der Waals surface area (Å²) in [5.41, 5.74) is 21.0. The van der Waals surface area contributed by atoms with Crippen LogP contribution >= 0.6 is 0 Å². The third-order valence-electron chi connectivity index (χ3n) is 20.1. The SMILES string of the molecule is Cc1cc2c(cc1-c1cncc[n+]1C)oc1oc3ccccc3c12.Cc1ccc2c(oc3oc4ccccc4c32)c1-c1cnc(-c2ccccc2)c[n+]1C.[2H]C([2H])([2H])C(C)c1c[n+](C)c(-c2c(C)ccc3c2oc2oc4ccccc4c23)cn1.[2H]C([2H])([2H])c1c[n+](C)c(-c2c(C)ccc3c2oc2oc4ccccc4c23)cn1. The summed E-state index contributed by atoms with van der Waals surface area (Å²) in [6.45, 7) is 5.56. The Hall–Kier alpha value is -13.3. The second-order valence-electron chi connectivity index (χ2n) is 27.0. The zero-order valence-electron chi connectivity index (χ0n) is 65.4. The molecule has 0 N–H and O–H groups in total. The Bertz CT molecular complexity index is 7340. The molecule has 0 aliphatic rings. The Morgan fingerprint density at radius 1 is 0.368 bits per heavy atom. The number of aromatic nitrogens is 8. The Morgan fingerprint density at radius 3 is 1.25 bits per heavy atom. The van der Waals surface area contributed by atoms with Crippen LogP contribution in [0.15, 0.2) is 267 Å². The molecule has 0 fully saturated rings. The fourth-order valence-electron chi connectivity index (χ4n) is 14.9. The molecule has 0 spiro atoms. The number of hydrogen-bond donors (Lipinski definition) is 0. The fourth-order valence-corrected chi connectivity index (χ4v) is 14.9. The van der Waals surface area contributed by atoms with Gasteiger partial charge in [0.15, 0.2) is 41.5 Å². The molecule has 16 nitrogen and oxygen atoms in total. The molecule has 21 rings (SSSR count). The predicted molar refractivity (Wildman–Crippen MR) is 415 cm³/mol. The first-order valence-corrected chi connectivity index (χ1v) is 34.8. The summed E-state index contributed by atoms with van der Waals surface area (Å²) in [6.07, 6.45) is 16.2. The van der Waals surface area contributed by atoms with Crippen LogP contribution in [0, 0.1) is 34.5 Å². The molecule has 12 heterocycles. The lowest BCUT2D eigenvalue weighted by molar-refractivity contribution is -0.661.